The van der Waals surface area contributed by atoms with Crippen LogP contribution in [-0.4, -0.2) is 18.7 Å². The van der Waals surface area contributed by atoms with E-state index in [1.54, 1.807) is 0 Å². The lowest BCUT2D eigenvalue weighted by Gasteiger charge is -1.86. The fraction of sp³-hybridized carbons (Fsp3) is 1.00. The Morgan fingerprint density at radius 2 is 1.25 bits per heavy atom. The molecule has 12 heavy (non-hydrogen) atoms. The van der Waals surface area contributed by atoms with Crippen LogP contribution in [0.2, 0.25) is 0 Å². The standard InChI is InChI=1S/C6H14.C2H6O3S/c1-3-5-6-4-2;1-2-6(3,4)5/h3-6H2,1-2H3;2H2,1H3,(H,3,4,5). The monoisotopic (exact) mass is 196 g/mol. The highest BCUT2D eigenvalue weighted by Gasteiger charge is 1.93. The molecule has 0 aromatic rings. The highest BCUT2D eigenvalue weighted by atomic mass is 32.2. The second kappa shape index (κ2) is 9.00. The average Bonchev–Trinajstić information content (AvgIpc) is 2.01. The molecule has 0 unspecified atom stereocenters. The van der Waals surface area contributed by atoms with Gasteiger partial charge in [0.1, 0.15) is 0 Å². The summed E-state index contributed by atoms with van der Waals surface area (Å²) in [5, 5.41) is 0. The van der Waals surface area contributed by atoms with Gasteiger partial charge in [-0.3, -0.25) is 4.55 Å². The first kappa shape index (κ1) is 14.4. The van der Waals surface area contributed by atoms with Gasteiger partial charge < -0.3 is 0 Å². The fourth-order valence-corrected chi connectivity index (χ4v) is 0.500. The van der Waals surface area contributed by atoms with Crippen LogP contribution in [0.25, 0.3) is 0 Å². The second-order valence-electron chi connectivity index (χ2n) is 2.58. The maximum atomic E-state index is 9.56. The summed E-state index contributed by atoms with van der Waals surface area (Å²) in [5.74, 6) is -0.201. The van der Waals surface area contributed by atoms with Crippen molar-refractivity contribution in [3.05, 3.63) is 0 Å². The molecule has 1 N–H and O–H groups in total. The number of rotatable bonds is 4. The molecule has 0 amide bonds. The van der Waals surface area contributed by atoms with Gasteiger partial charge in [-0.1, -0.05) is 39.5 Å². The summed E-state index contributed by atoms with van der Waals surface area (Å²) in [6.45, 7) is 5.83. The molecule has 0 atom stereocenters. The van der Waals surface area contributed by atoms with E-state index >= 15 is 0 Å². The molecule has 3 nitrogen and oxygen atoms in total. The van der Waals surface area contributed by atoms with Crippen molar-refractivity contribution >= 4 is 10.1 Å². The zero-order valence-corrected chi connectivity index (χ0v) is 9.02. The van der Waals surface area contributed by atoms with Crippen LogP contribution in [0.5, 0.6) is 0 Å². The highest BCUT2D eigenvalue weighted by Crippen LogP contribution is 1.95. The van der Waals surface area contributed by atoms with Crippen molar-refractivity contribution in [2.24, 2.45) is 0 Å². The Bertz CT molecular complexity index is 157. The SMILES string of the molecule is CCCCCC.CCS(=O)(=O)O. The molecular weight excluding hydrogens is 176 g/mol. The van der Waals surface area contributed by atoms with Crippen LogP contribution in [0.4, 0.5) is 0 Å². The summed E-state index contributed by atoms with van der Waals surface area (Å²) in [6.07, 6.45) is 5.54. The van der Waals surface area contributed by atoms with Crippen molar-refractivity contribution in [3.8, 4) is 0 Å². The molecule has 0 rings (SSSR count). The molecule has 0 aliphatic heterocycles. The minimum atomic E-state index is -3.66. The van der Waals surface area contributed by atoms with Gasteiger partial charge >= 0.3 is 0 Å². The summed E-state index contributed by atoms with van der Waals surface area (Å²) in [5.41, 5.74) is 0. The van der Waals surface area contributed by atoms with Crippen molar-refractivity contribution in [2.45, 2.75) is 46.5 Å². The lowest BCUT2D eigenvalue weighted by atomic mass is 10.2. The van der Waals surface area contributed by atoms with E-state index in [1.165, 1.54) is 32.6 Å². The number of hydrogen-bond acceptors (Lipinski definition) is 2. The number of hydrogen-bond donors (Lipinski definition) is 1. The van der Waals surface area contributed by atoms with E-state index in [1.807, 2.05) is 0 Å². The second-order valence-corrected chi connectivity index (χ2v) is 4.32. The van der Waals surface area contributed by atoms with E-state index in [9.17, 15) is 8.42 Å². The summed E-state index contributed by atoms with van der Waals surface area (Å²) in [6, 6.07) is 0. The summed E-state index contributed by atoms with van der Waals surface area (Å²) >= 11 is 0. The van der Waals surface area contributed by atoms with Crippen LogP contribution in [0.1, 0.15) is 46.5 Å². The maximum absolute atomic E-state index is 9.56. The molecule has 4 heteroatoms. The Morgan fingerprint density at radius 3 is 1.33 bits per heavy atom. The Balaban J connectivity index is 0. The van der Waals surface area contributed by atoms with Crippen LogP contribution >= 0.6 is 0 Å². The first-order chi connectivity index (χ1) is 5.47. The Labute approximate surface area is 75.9 Å². The van der Waals surface area contributed by atoms with Crippen molar-refractivity contribution in [3.63, 3.8) is 0 Å². The molecule has 0 bridgehead atoms. The lowest BCUT2D eigenvalue weighted by Crippen LogP contribution is -1.97. The van der Waals surface area contributed by atoms with E-state index < -0.39 is 10.1 Å². The van der Waals surface area contributed by atoms with Crippen molar-refractivity contribution in [1.82, 2.24) is 0 Å². The van der Waals surface area contributed by atoms with Gasteiger partial charge in [-0.15, -0.1) is 0 Å². The van der Waals surface area contributed by atoms with Crippen molar-refractivity contribution in [2.75, 3.05) is 5.75 Å². The summed E-state index contributed by atoms with van der Waals surface area (Å²) in [4.78, 5) is 0. The zero-order valence-electron chi connectivity index (χ0n) is 8.21. The van der Waals surface area contributed by atoms with Gasteiger partial charge in [-0.2, -0.15) is 8.42 Å². The molecular formula is C8H20O3S. The van der Waals surface area contributed by atoms with Crippen LogP contribution in [0.3, 0.4) is 0 Å². The zero-order chi connectivity index (χ0) is 10.0. The van der Waals surface area contributed by atoms with Crippen LogP contribution in [-0.2, 0) is 10.1 Å². The Kier molecular flexibility index (Phi) is 10.8. The van der Waals surface area contributed by atoms with E-state index in [2.05, 4.69) is 13.8 Å². The lowest BCUT2D eigenvalue weighted by molar-refractivity contribution is 0.484. The minimum Gasteiger partial charge on any atom is -0.286 e. The normalized spacial score (nSPS) is 10.3. The highest BCUT2D eigenvalue weighted by molar-refractivity contribution is 7.85. The van der Waals surface area contributed by atoms with Crippen molar-refractivity contribution < 1.29 is 13.0 Å². The quantitative estimate of drug-likeness (QED) is 0.555. The van der Waals surface area contributed by atoms with Crippen LogP contribution in [0, 0.1) is 0 Å². The molecule has 0 radical (unpaired) electrons. The third-order valence-electron chi connectivity index (χ3n) is 1.32. The molecule has 0 fully saturated rings. The van der Waals surface area contributed by atoms with E-state index in [-0.39, 0.29) is 5.75 Å². The number of unbranched alkanes of at least 4 members (excludes halogenated alkanes) is 3. The maximum Gasteiger partial charge on any atom is 0.264 e. The van der Waals surface area contributed by atoms with Crippen LogP contribution < -0.4 is 0 Å². The summed E-state index contributed by atoms with van der Waals surface area (Å²) < 4.78 is 26.9. The fourth-order valence-electron chi connectivity index (χ4n) is 0.500. The molecule has 76 valence electrons. The van der Waals surface area contributed by atoms with E-state index in [4.69, 9.17) is 4.55 Å². The van der Waals surface area contributed by atoms with Gasteiger partial charge in [-0.25, -0.2) is 0 Å². The minimum absolute atomic E-state index is 0.201. The third kappa shape index (κ3) is 22.5. The molecule has 0 aromatic heterocycles. The molecule has 0 aliphatic carbocycles. The van der Waals surface area contributed by atoms with Gasteiger partial charge in [-0.05, 0) is 6.92 Å². The Hall–Kier alpha value is -0.0900. The summed E-state index contributed by atoms with van der Waals surface area (Å²) in [7, 11) is -3.66. The largest absolute Gasteiger partial charge is 0.286 e. The molecule has 0 aromatic carbocycles. The van der Waals surface area contributed by atoms with E-state index in [0.717, 1.165) is 0 Å². The molecule has 0 saturated heterocycles. The topological polar surface area (TPSA) is 54.4 Å². The van der Waals surface area contributed by atoms with E-state index in [0.29, 0.717) is 0 Å². The predicted molar refractivity (Wildman–Crippen MR) is 51.9 cm³/mol. The molecule has 0 aliphatic rings. The first-order valence-corrected chi connectivity index (χ1v) is 6.04. The predicted octanol–water partition coefficient (Wildman–Crippen LogP) is 2.48. The molecule has 0 saturated carbocycles. The first-order valence-electron chi connectivity index (χ1n) is 4.43. The Morgan fingerprint density at radius 1 is 1.00 bits per heavy atom. The van der Waals surface area contributed by atoms with Gasteiger partial charge in [0.15, 0.2) is 0 Å². The smallest absolute Gasteiger partial charge is 0.264 e. The average molecular weight is 196 g/mol. The van der Waals surface area contributed by atoms with Crippen LogP contribution in [0.15, 0.2) is 0 Å². The third-order valence-corrected chi connectivity index (χ3v) is 2.05. The van der Waals surface area contributed by atoms with Gasteiger partial charge in [0.05, 0.1) is 5.75 Å². The molecule has 0 heterocycles. The molecule has 0 spiro atoms. The van der Waals surface area contributed by atoms with Gasteiger partial charge in [0.2, 0.25) is 0 Å². The van der Waals surface area contributed by atoms with Gasteiger partial charge in [0, 0.05) is 0 Å². The van der Waals surface area contributed by atoms with Gasteiger partial charge in [0.25, 0.3) is 10.1 Å². The van der Waals surface area contributed by atoms with Crippen molar-refractivity contribution in [1.29, 1.82) is 0 Å².